The Kier molecular flexibility index (Phi) is 4.07. The normalized spacial score (nSPS) is 13.4. The first kappa shape index (κ1) is 14.2. The van der Waals surface area contributed by atoms with E-state index in [0.717, 1.165) is 6.07 Å². The fourth-order valence-electron chi connectivity index (χ4n) is 1.54. The summed E-state index contributed by atoms with van der Waals surface area (Å²) in [6, 6.07) is 6.42. The molecule has 0 aliphatic heterocycles. The highest BCUT2D eigenvalue weighted by Gasteiger charge is 2.20. The van der Waals surface area contributed by atoms with Crippen LogP contribution in [0.25, 0.3) is 0 Å². The summed E-state index contributed by atoms with van der Waals surface area (Å²) in [6.45, 7) is 1.64. The number of halogens is 2. The van der Waals surface area contributed by atoms with Crippen LogP contribution in [0.5, 0.6) is 0 Å². The minimum atomic E-state index is -3.80. The van der Waals surface area contributed by atoms with Crippen LogP contribution >= 0.6 is 15.9 Å². The molecule has 1 N–H and O–H groups in total. The number of rotatable bonds is 4. The van der Waals surface area contributed by atoms with Crippen molar-refractivity contribution in [3.05, 3.63) is 52.6 Å². The number of furan rings is 1. The summed E-state index contributed by atoms with van der Waals surface area (Å²) < 4.78 is 45.2. The molecule has 2 rings (SSSR count). The lowest BCUT2D eigenvalue weighted by Gasteiger charge is -2.12. The Morgan fingerprint density at radius 2 is 2.11 bits per heavy atom. The van der Waals surface area contributed by atoms with Crippen molar-refractivity contribution in [2.24, 2.45) is 0 Å². The van der Waals surface area contributed by atoms with Crippen molar-refractivity contribution in [3.8, 4) is 0 Å². The summed E-state index contributed by atoms with van der Waals surface area (Å²) in [5, 5.41) is 0. The molecule has 0 aliphatic rings. The number of benzene rings is 1. The Balaban J connectivity index is 2.25. The molecule has 0 saturated heterocycles. The van der Waals surface area contributed by atoms with Crippen LogP contribution in [-0.2, 0) is 10.0 Å². The number of hydrogen-bond acceptors (Lipinski definition) is 3. The summed E-state index contributed by atoms with van der Waals surface area (Å²) in [5.41, 5.74) is 0. The van der Waals surface area contributed by atoms with Crippen molar-refractivity contribution in [2.75, 3.05) is 0 Å². The lowest BCUT2D eigenvalue weighted by molar-refractivity contribution is 0.459. The first-order valence-corrected chi connectivity index (χ1v) is 7.68. The Hall–Kier alpha value is -1.18. The summed E-state index contributed by atoms with van der Waals surface area (Å²) >= 11 is 2.97. The van der Waals surface area contributed by atoms with E-state index in [-0.39, 0.29) is 9.37 Å². The van der Waals surface area contributed by atoms with Crippen molar-refractivity contribution in [2.45, 2.75) is 17.9 Å². The largest absolute Gasteiger partial charge is 0.468 e. The first-order chi connectivity index (χ1) is 8.90. The van der Waals surface area contributed by atoms with Gasteiger partial charge in [-0.1, -0.05) is 0 Å². The maximum Gasteiger partial charge on any atom is 0.241 e. The average Bonchev–Trinajstić information content (AvgIpc) is 2.85. The highest BCUT2D eigenvalue weighted by molar-refractivity contribution is 9.10. The summed E-state index contributed by atoms with van der Waals surface area (Å²) in [5.74, 6) is -0.144. The van der Waals surface area contributed by atoms with Crippen molar-refractivity contribution in [3.63, 3.8) is 0 Å². The highest BCUT2D eigenvalue weighted by Crippen LogP contribution is 2.21. The van der Waals surface area contributed by atoms with E-state index in [1.54, 1.807) is 19.1 Å². The van der Waals surface area contributed by atoms with Crippen LogP contribution in [0.3, 0.4) is 0 Å². The molecular formula is C12H11BrFNO3S. The third-order valence-electron chi connectivity index (χ3n) is 2.50. The highest BCUT2D eigenvalue weighted by atomic mass is 79.9. The van der Waals surface area contributed by atoms with Crippen molar-refractivity contribution < 1.29 is 17.2 Å². The molecule has 1 heterocycles. The smallest absolute Gasteiger partial charge is 0.241 e. The number of hydrogen-bond donors (Lipinski definition) is 1. The minimum Gasteiger partial charge on any atom is -0.468 e. The summed E-state index contributed by atoms with van der Waals surface area (Å²) in [7, 11) is -3.80. The quantitative estimate of drug-likeness (QED) is 0.923. The van der Waals surface area contributed by atoms with Crippen LogP contribution in [-0.4, -0.2) is 8.42 Å². The van der Waals surface area contributed by atoms with Crippen LogP contribution in [0.4, 0.5) is 4.39 Å². The molecule has 0 amide bonds. The zero-order valence-corrected chi connectivity index (χ0v) is 12.3. The van der Waals surface area contributed by atoms with Gasteiger partial charge in [-0.25, -0.2) is 17.5 Å². The average molecular weight is 348 g/mol. The first-order valence-electron chi connectivity index (χ1n) is 5.41. The van der Waals surface area contributed by atoms with E-state index in [1.165, 1.54) is 18.4 Å². The number of sulfonamides is 1. The SMILES string of the molecule is CC(NS(=O)(=O)c1ccc(Br)c(F)c1)c1ccco1. The predicted octanol–water partition coefficient (Wildman–Crippen LogP) is 3.22. The Labute approximate surface area is 118 Å². The molecule has 0 bridgehead atoms. The molecule has 0 spiro atoms. The molecule has 0 saturated carbocycles. The van der Waals surface area contributed by atoms with E-state index in [0.29, 0.717) is 5.76 Å². The standard InChI is InChI=1S/C12H11BrFNO3S/c1-8(12-3-2-6-18-12)15-19(16,17)9-4-5-10(13)11(14)7-9/h2-8,15H,1H3. The van der Waals surface area contributed by atoms with E-state index in [4.69, 9.17) is 4.42 Å². The van der Waals surface area contributed by atoms with E-state index in [2.05, 4.69) is 20.7 Å². The minimum absolute atomic E-state index is 0.133. The molecule has 7 heteroatoms. The van der Waals surface area contributed by atoms with Gasteiger partial charge in [0.15, 0.2) is 0 Å². The van der Waals surface area contributed by atoms with Crippen molar-refractivity contribution in [1.29, 1.82) is 0 Å². The van der Waals surface area contributed by atoms with E-state index < -0.39 is 21.9 Å². The van der Waals surface area contributed by atoms with Crippen molar-refractivity contribution >= 4 is 26.0 Å². The van der Waals surface area contributed by atoms with Crippen LogP contribution < -0.4 is 4.72 Å². The Morgan fingerprint density at radius 3 is 2.68 bits per heavy atom. The third kappa shape index (κ3) is 3.23. The van der Waals surface area contributed by atoms with Gasteiger partial charge in [-0.15, -0.1) is 0 Å². The van der Waals surface area contributed by atoms with Gasteiger partial charge < -0.3 is 4.42 Å². The van der Waals surface area contributed by atoms with Crippen LogP contribution in [0.2, 0.25) is 0 Å². The van der Waals surface area contributed by atoms with Gasteiger partial charge >= 0.3 is 0 Å². The van der Waals surface area contributed by atoms with Crippen LogP contribution in [0.1, 0.15) is 18.7 Å². The topological polar surface area (TPSA) is 59.3 Å². The van der Waals surface area contributed by atoms with E-state index >= 15 is 0 Å². The lowest BCUT2D eigenvalue weighted by atomic mass is 10.3. The molecule has 19 heavy (non-hydrogen) atoms. The lowest BCUT2D eigenvalue weighted by Crippen LogP contribution is -2.26. The monoisotopic (exact) mass is 347 g/mol. The van der Waals surface area contributed by atoms with Gasteiger partial charge in [-0.3, -0.25) is 0 Å². The van der Waals surface area contributed by atoms with Gasteiger partial charge in [0.25, 0.3) is 0 Å². The Bertz CT molecular complexity index is 670. The van der Waals surface area contributed by atoms with Gasteiger partial charge in [0, 0.05) is 0 Å². The van der Waals surface area contributed by atoms with Crippen LogP contribution in [0, 0.1) is 5.82 Å². The molecule has 0 fully saturated rings. The second kappa shape index (κ2) is 5.44. The second-order valence-corrected chi connectivity index (χ2v) is 6.50. The van der Waals surface area contributed by atoms with Crippen LogP contribution in [0.15, 0.2) is 50.4 Å². The molecule has 1 atom stereocenters. The van der Waals surface area contributed by atoms with Gasteiger partial charge in [0.1, 0.15) is 11.6 Å². The van der Waals surface area contributed by atoms with E-state index in [9.17, 15) is 12.8 Å². The van der Waals surface area contributed by atoms with Gasteiger partial charge in [0.2, 0.25) is 10.0 Å². The maximum atomic E-state index is 13.4. The molecule has 0 aliphatic carbocycles. The van der Waals surface area contributed by atoms with Crippen molar-refractivity contribution in [1.82, 2.24) is 4.72 Å². The molecule has 1 aromatic carbocycles. The predicted molar refractivity (Wildman–Crippen MR) is 71.5 cm³/mol. The molecule has 2 aromatic rings. The van der Waals surface area contributed by atoms with E-state index in [1.807, 2.05) is 0 Å². The van der Waals surface area contributed by atoms with Gasteiger partial charge in [-0.05, 0) is 53.2 Å². The molecule has 1 unspecified atom stereocenters. The second-order valence-electron chi connectivity index (χ2n) is 3.93. The molecule has 102 valence electrons. The Morgan fingerprint density at radius 1 is 1.37 bits per heavy atom. The molecule has 1 aromatic heterocycles. The maximum absolute atomic E-state index is 13.4. The molecule has 0 radical (unpaired) electrons. The molecule has 4 nitrogen and oxygen atoms in total. The summed E-state index contributed by atoms with van der Waals surface area (Å²) in [6.07, 6.45) is 1.46. The fraction of sp³-hybridized carbons (Fsp3) is 0.167. The number of nitrogens with one attached hydrogen (secondary N) is 1. The third-order valence-corrected chi connectivity index (χ3v) is 4.68. The zero-order valence-electron chi connectivity index (χ0n) is 9.93. The van der Waals surface area contributed by atoms with Gasteiger partial charge in [-0.2, -0.15) is 0 Å². The fourth-order valence-corrected chi connectivity index (χ4v) is 3.01. The summed E-state index contributed by atoms with van der Waals surface area (Å²) in [4.78, 5) is -0.133. The molecular weight excluding hydrogens is 337 g/mol. The van der Waals surface area contributed by atoms with Gasteiger partial charge in [0.05, 0.1) is 21.7 Å². The zero-order chi connectivity index (χ0) is 14.0.